The zero-order chi connectivity index (χ0) is 18.1. The summed E-state index contributed by atoms with van der Waals surface area (Å²) >= 11 is 0. The Morgan fingerprint density at radius 1 is 1.24 bits per heavy atom. The Hall–Kier alpha value is -3.32. The number of rotatable bonds is 3. The first-order valence-corrected chi connectivity index (χ1v) is 7.40. The summed E-state index contributed by atoms with van der Waals surface area (Å²) in [4.78, 5) is 23.6. The number of fused-ring (bicyclic) bond motifs is 1. The fraction of sp³-hybridized carbons (Fsp3) is 0.111. The Morgan fingerprint density at radius 3 is 2.72 bits per heavy atom. The normalized spacial score (nSPS) is 17.8. The molecule has 7 heteroatoms. The van der Waals surface area contributed by atoms with Gasteiger partial charge in [-0.05, 0) is 37.3 Å². The smallest absolute Gasteiger partial charge is 0.339 e. The van der Waals surface area contributed by atoms with E-state index in [1.54, 1.807) is 18.2 Å². The van der Waals surface area contributed by atoms with Crippen LogP contribution in [-0.4, -0.2) is 33.4 Å². The van der Waals surface area contributed by atoms with Crippen molar-refractivity contribution in [3.05, 3.63) is 64.9 Å². The van der Waals surface area contributed by atoms with E-state index in [1.165, 1.54) is 24.4 Å². The van der Waals surface area contributed by atoms with Crippen molar-refractivity contribution < 1.29 is 29.6 Å². The second kappa shape index (κ2) is 6.29. The number of hydrogen-bond donors (Lipinski definition) is 4. The van der Waals surface area contributed by atoms with Gasteiger partial charge in [-0.25, -0.2) is 4.79 Å². The summed E-state index contributed by atoms with van der Waals surface area (Å²) in [5, 5.41) is 31.3. The zero-order valence-electron chi connectivity index (χ0n) is 13.2. The van der Waals surface area contributed by atoms with Crippen LogP contribution in [0, 0.1) is 6.92 Å². The lowest BCUT2D eigenvalue weighted by Crippen LogP contribution is -2.30. The van der Waals surface area contributed by atoms with Gasteiger partial charge in [0.25, 0.3) is 0 Å². The minimum Gasteiger partial charge on any atom is -0.507 e. The van der Waals surface area contributed by atoms with Crippen LogP contribution in [0.1, 0.15) is 26.3 Å². The molecule has 1 heterocycles. The molecule has 2 aromatic carbocycles. The van der Waals surface area contributed by atoms with E-state index in [0.717, 1.165) is 5.56 Å². The quantitative estimate of drug-likeness (QED) is 0.500. The van der Waals surface area contributed by atoms with Crippen LogP contribution in [0.2, 0.25) is 0 Å². The number of aromatic carboxylic acids is 1. The van der Waals surface area contributed by atoms with Gasteiger partial charge in [0.2, 0.25) is 6.29 Å². The number of aromatic hydroxyl groups is 1. The summed E-state index contributed by atoms with van der Waals surface area (Å²) < 4.78 is 5.33. The molecule has 0 amide bonds. The van der Waals surface area contributed by atoms with Crippen LogP contribution in [0.15, 0.2) is 48.2 Å². The second-order valence-corrected chi connectivity index (χ2v) is 5.58. The number of benzene rings is 2. The molecule has 1 atom stereocenters. The van der Waals surface area contributed by atoms with Gasteiger partial charge in [0.05, 0.1) is 11.1 Å². The first-order chi connectivity index (χ1) is 11.9. The molecule has 1 aliphatic rings. The van der Waals surface area contributed by atoms with Crippen LogP contribution >= 0.6 is 0 Å². The van der Waals surface area contributed by atoms with E-state index in [0.29, 0.717) is 17.0 Å². The lowest BCUT2D eigenvalue weighted by molar-refractivity contribution is 0.00781. The number of phenols is 1. The van der Waals surface area contributed by atoms with Crippen molar-refractivity contribution in [3.63, 3.8) is 0 Å². The molecule has 0 spiro atoms. The number of Topliss-reactive ketones (excluding diaryl/α,β-unsaturated/α-hetero) is 1. The number of carboxylic acid groups (broad SMARTS) is 1. The number of carbonyl (C=O) groups is 2. The van der Waals surface area contributed by atoms with Crippen molar-refractivity contribution in [2.24, 2.45) is 0 Å². The molecular formula is C18H15NO6. The van der Waals surface area contributed by atoms with Gasteiger partial charge in [0.1, 0.15) is 17.1 Å². The van der Waals surface area contributed by atoms with Crippen molar-refractivity contribution >= 4 is 17.4 Å². The van der Waals surface area contributed by atoms with Gasteiger partial charge in [-0.3, -0.25) is 4.79 Å². The zero-order valence-corrected chi connectivity index (χ0v) is 13.2. The van der Waals surface area contributed by atoms with Crippen LogP contribution in [0.4, 0.5) is 5.69 Å². The maximum Gasteiger partial charge on any atom is 0.339 e. The fourth-order valence-electron chi connectivity index (χ4n) is 2.47. The lowest BCUT2D eigenvalue weighted by Gasteiger charge is -2.24. The molecule has 3 rings (SSSR count). The Balaban J connectivity index is 1.90. The largest absolute Gasteiger partial charge is 0.507 e. The molecule has 0 saturated heterocycles. The number of hydrogen-bond acceptors (Lipinski definition) is 6. The van der Waals surface area contributed by atoms with E-state index in [9.17, 15) is 19.8 Å². The van der Waals surface area contributed by atoms with Crippen molar-refractivity contribution in [2.75, 3.05) is 5.32 Å². The highest BCUT2D eigenvalue weighted by Crippen LogP contribution is 2.31. The monoisotopic (exact) mass is 341 g/mol. The van der Waals surface area contributed by atoms with Crippen molar-refractivity contribution in [3.8, 4) is 11.5 Å². The maximum atomic E-state index is 12.5. The molecule has 0 radical (unpaired) electrons. The molecule has 7 nitrogen and oxygen atoms in total. The van der Waals surface area contributed by atoms with Crippen LogP contribution in [0.3, 0.4) is 0 Å². The topological polar surface area (TPSA) is 116 Å². The molecule has 0 saturated carbocycles. The summed E-state index contributed by atoms with van der Waals surface area (Å²) in [5.74, 6) is -1.73. The Morgan fingerprint density at radius 2 is 2.00 bits per heavy atom. The summed E-state index contributed by atoms with van der Waals surface area (Å²) in [7, 11) is 0. The predicted octanol–water partition coefficient (Wildman–Crippen LogP) is 2.29. The van der Waals surface area contributed by atoms with Gasteiger partial charge in [-0.15, -0.1) is 0 Å². The van der Waals surface area contributed by atoms with Gasteiger partial charge in [0.15, 0.2) is 5.78 Å². The molecule has 128 valence electrons. The molecular weight excluding hydrogens is 326 g/mol. The van der Waals surface area contributed by atoms with Gasteiger partial charge in [-0.1, -0.05) is 11.6 Å². The fourth-order valence-corrected chi connectivity index (χ4v) is 2.47. The molecule has 25 heavy (non-hydrogen) atoms. The third kappa shape index (κ3) is 3.17. The summed E-state index contributed by atoms with van der Waals surface area (Å²) in [6.45, 7) is 1.84. The summed E-state index contributed by atoms with van der Waals surface area (Å²) in [5.41, 5.74) is 1.26. The van der Waals surface area contributed by atoms with Crippen LogP contribution in [0.25, 0.3) is 0 Å². The number of ketones is 1. The Bertz CT molecular complexity index is 902. The standard InChI is InChI=1S/C18H15NO6/c1-9-2-5-15-12(6-9)16(21)13(18(24)25-15)8-19-10-3-4-14(20)11(7-10)17(22)23/h2-8,18-20,24H,1H3,(H,22,23)/b13-8+/t18-/m0/s1. The number of aliphatic hydroxyl groups excluding tert-OH is 1. The average Bonchev–Trinajstić information content (AvgIpc) is 2.56. The number of aryl methyl sites for hydroxylation is 1. The molecule has 0 fully saturated rings. The molecule has 2 aromatic rings. The Kier molecular flexibility index (Phi) is 4.16. The second-order valence-electron chi connectivity index (χ2n) is 5.58. The van der Waals surface area contributed by atoms with E-state index in [4.69, 9.17) is 9.84 Å². The number of carboxylic acids is 1. The van der Waals surface area contributed by atoms with Gasteiger partial charge >= 0.3 is 5.97 Å². The predicted molar refractivity (Wildman–Crippen MR) is 88.9 cm³/mol. The van der Waals surface area contributed by atoms with Crippen molar-refractivity contribution in [1.29, 1.82) is 0 Å². The van der Waals surface area contributed by atoms with Gasteiger partial charge in [-0.2, -0.15) is 0 Å². The molecule has 1 aliphatic heterocycles. The molecule has 4 N–H and O–H groups in total. The molecule has 0 bridgehead atoms. The minimum atomic E-state index is -1.44. The van der Waals surface area contributed by atoms with Crippen molar-refractivity contribution in [1.82, 2.24) is 0 Å². The first kappa shape index (κ1) is 16.5. The van der Waals surface area contributed by atoms with E-state index in [-0.39, 0.29) is 22.7 Å². The molecule has 0 unspecified atom stereocenters. The SMILES string of the molecule is Cc1ccc2c(c1)C(=O)/C(=C\Nc1ccc(O)c(C(=O)O)c1)[C@@H](O)O2. The highest BCUT2D eigenvalue weighted by molar-refractivity contribution is 6.12. The number of anilines is 1. The molecule has 0 aromatic heterocycles. The van der Waals surface area contributed by atoms with Gasteiger partial charge < -0.3 is 25.4 Å². The minimum absolute atomic E-state index is 0.0111. The van der Waals surface area contributed by atoms with E-state index < -0.39 is 12.3 Å². The van der Waals surface area contributed by atoms with E-state index >= 15 is 0 Å². The lowest BCUT2D eigenvalue weighted by atomic mass is 9.98. The highest BCUT2D eigenvalue weighted by Gasteiger charge is 2.30. The first-order valence-electron chi connectivity index (χ1n) is 7.40. The van der Waals surface area contributed by atoms with Crippen LogP contribution in [0.5, 0.6) is 11.5 Å². The van der Waals surface area contributed by atoms with E-state index in [1.807, 2.05) is 6.92 Å². The van der Waals surface area contributed by atoms with Crippen LogP contribution in [-0.2, 0) is 0 Å². The molecule has 0 aliphatic carbocycles. The van der Waals surface area contributed by atoms with Crippen LogP contribution < -0.4 is 10.1 Å². The van der Waals surface area contributed by atoms with Gasteiger partial charge in [0, 0.05) is 11.9 Å². The Labute approximate surface area is 142 Å². The summed E-state index contributed by atoms with van der Waals surface area (Å²) in [6, 6.07) is 8.94. The van der Waals surface area contributed by atoms with E-state index in [2.05, 4.69) is 5.32 Å². The number of ether oxygens (including phenoxy) is 1. The number of carbonyl (C=O) groups excluding carboxylic acids is 1. The number of nitrogens with one attached hydrogen (secondary N) is 1. The third-order valence-corrected chi connectivity index (χ3v) is 3.77. The van der Waals surface area contributed by atoms with Crippen molar-refractivity contribution in [2.45, 2.75) is 13.2 Å². The highest BCUT2D eigenvalue weighted by atomic mass is 16.6. The maximum absolute atomic E-state index is 12.5. The summed E-state index contributed by atoms with van der Waals surface area (Å²) in [6.07, 6.45) is -0.178. The third-order valence-electron chi connectivity index (χ3n) is 3.77. The number of aliphatic hydroxyl groups is 1. The average molecular weight is 341 g/mol.